The van der Waals surface area contributed by atoms with Gasteiger partial charge in [-0.15, -0.1) is 0 Å². The van der Waals surface area contributed by atoms with Crippen LogP contribution in [-0.2, 0) is 30.4 Å². The van der Waals surface area contributed by atoms with Gasteiger partial charge in [0, 0.05) is 12.2 Å². The summed E-state index contributed by atoms with van der Waals surface area (Å²) in [6.07, 6.45) is 1.72. The van der Waals surface area contributed by atoms with Crippen LogP contribution in [0.4, 0.5) is 0 Å². The highest BCUT2D eigenvalue weighted by Crippen LogP contribution is 2.07. The van der Waals surface area contributed by atoms with Crippen molar-refractivity contribution in [3.05, 3.63) is 35.9 Å². The number of nitrogens with one attached hydrogen (secondary N) is 3. The Morgan fingerprint density at radius 2 is 1.53 bits per heavy atom. The highest BCUT2D eigenvalue weighted by atomic mass is 32.2. The van der Waals surface area contributed by atoms with Crippen molar-refractivity contribution in [3.63, 3.8) is 0 Å². The summed E-state index contributed by atoms with van der Waals surface area (Å²) in [5, 5.41) is 16.9. The van der Waals surface area contributed by atoms with E-state index in [1.54, 1.807) is 30.3 Å². The van der Waals surface area contributed by atoms with Crippen LogP contribution < -0.4 is 27.4 Å². The van der Waals surface area contributed by atoms with E-state index in [9.17, 15) is 29.1 Å². The molecule has 8 N–H and O–H groups in total. The number of carbonyl (C=O) groups excluding carboxylic acids is 4. The zero-order valence-corrected chi connectivity index (χ0v) is 20.4. The molecule has 0 aromatic heterocycles. The summed E-state index contributed by atoms with van der Waals surface area (Å²) in [6, 6.07) is 4.19. The van der Waals surface area contributed by atoms with E-state index in [2.05, 4.69) is 28.6 Å². The lowest BCUT2D eigenvalue weighted by Gasteiger charge is -2.24. The molecule has 0 saturated carbocycles. The largest absolute Gasteiger partial charge is 0.480 e. The van der Waals surface area contributed by atoms with Gasteiger partial charge in [0.15, 0.2) is 0 Å². The van der Waals surface area contributed by atoms with Gasteiger partial charge in [0.1, 0.15) is 18.1 Å². The van der Waals surface area contributed by atoms with Gasteiger partial charge in [-0.1, -0.05) is 30.3 Å². The van der Waals surface area contributed by atoms with Gasteiger partial charge in [0.2, 0.25) is 23.6 Å². The minimum Gasteiger partial charge on any atom is -0.480 e. The van der Waals surface area contributed by atoms with Gasteiger partial charge < -0.3 is 32.5 Å². The Balaban J connectivity index is 2.87. The number of benzene rings is 1. The number of carboxylic acid groups (broad SMARTS) is 1. The van der Waals surface area contributed by atoms with Gasteiger partial charge in [-0.05, 0) is 24.0 Å². The van der Waals surface area contributed by atoms with Gasteiger partial charge in [0.05, 0.1) is 12.5 Å². The first-order chi connectivity index (χ1) is 16.1. The van der Waals surface area contributed by atoms with Crippen molar-refractivity contribution < 1.29 is 29.1 Å². The van der Waals surface area contributed by atoms with Gasteiger partial charge in [-0.2, -0.15) is 24.4 Å². The molecule has 34 heavy (non-hydrogen) atoms. The minimum absolute atomic E-state index is 0.0676. The van der Waals surface area contributed by atoms with E-state index in [-0.39, 0.29) is 18.6 Å². The van der Waals surface area contributed by atoms with Crippen LogP contribution in [0.25, 0.3) is 0 Å². The molecule has 0 aliphatic carbocycles. The van der Waals surface area contributed by atoms with Crippen molar-refractivity contribution in [1.29, 1.82) is 0 Å². The van der Waals surface area contributed by atoms with Crippen molar-refractivity contribution in [2.24, 2.45) is 11.5 Å². The number of amides is 4. The molecule has 0 aliphatic rings. The van der Waals surface area contributed by atoms with E-state index < -0.39 is 60.2 Å². The Morgan fingerprint density at radius 1 is 0.971 bits per heavy atom. The topological polar surface area (TPSA) is 194 Å². The first-order valence-electron chi connectivity index (χ1n) is 10.4. The maximum absolute atomic E-state index is 12.9. The molecule has 0 saturated heterocycles. The summed E-state index contributed by atoms with van der Waals surface area (Å²) in [4.78, 5) is 60.4. The number of carboxylic acids is 1. The van der Waals surface area contributed by atoms with E-state index in [1.807, 2.05) is 6.26 Å². The zero-order chi connectivity index (χ0) is 25.7. The third kappa shape index (κ3) is 10.4. The van der Waals surface area contributed by atoms with Gasteiger partial charge in [-0.25, -0.2) is 4.79 Å². The molecule has 0 radical (unpaired) electrons. The van der Waals surface area contributed by atoms with Crippen LogP contribution in [0.2, 0.25) is 0 Å². The second-order valence-electron chi connectivity index (χ2n) is 7.45. The second kappa shape index (κ2) is 15.2. The first-order valence-corrected chi connectivity index (χ1v) is 12.4. The van der Waals surface area contributed by atoms with Crippen LogP contribution in [-0.4, -0.2) is 76.6 Å². The number of hydrogen-bond acceptors (Lipinski definition) is 8. The summed E-state index contributed by atoms with van der Waals surface area (Å²) in [7, 11) is 0. The molecule has 4 amide bonds. The van der Waals surface area contributed by atoms with E-state index in [0.717, 1.165) is 5.56 Å². The fourth-order valence-electron chi connectivity index (χ4n) is 2.88. The van der Waals surface area contributed by atoms with Crippen molar-refractivity contribution in [1.82, 2.24) is 16.0 Å². The number of thiol groups is 1. The Morgan fingerprint density at radius 3 is 2.06 bits per heavy atom. The van der Waals surface area contributed by atoms with Gasteiger partial charge in [0.25, 0.3) is 0 Å². The van der Waals surface area contributed by atoms with Crippen molar-refractivity contribution in [3.8, 4) is 0 Å². The van der Waals surface area contributed by atoms with Crippen molar-refractivity contribution in [2.75, 3.05) is 17.8 Å². The number of carbonyl (C=O) groups is 5. The van der Waals surface area contributed by atoms with Gasteiger partial charge in [-0.3, -0.25) is 19.2 Å². The highest BCUT2D eigenvalue weighted by Gasteiger charge is 2.30. The van der Waals surface area contributed by atoms with Crippen LogP contribution in [0.3, 0.4) is 0 Å². The van der Waals surface area contributed by atoms with Crippen LogP contribution >= 0.6 is 24.4 Å². The maximum atomic E-state index is 12.9. The molecule has 0 fully saturated rings. The smallest absolute Gasteiger partial charge is 0.326 e. The lowest BCUT2D eigenvalue weighted by molar-refractivity contribution is -0.142. The molecule has 4 unspecified atom stereocenters. The van der Waals surface area contributed by atoms with E-state index >= 15 is 0 Å². The summed E-state index contributed by atoms with van der Waals surface area (Å²) >= 11 is 5.50. The molecule has 0 spiro atoms. The molecule has 188 valence electrons. The van der Waals surface area contributed by atoms with Crippen molar-refractivity contribution in [2.45, 2.75) is 43.4 Å². The summed E-state index contributed by atoms with van der Waals surface area (Å²) in [5.74, 6) is -3.72. The SMILES string of the molecule is CSCCC(NC(=O)C(CS)NC(=O)C(N)CC(N)=O)C(=O)NC(Cc1ccccc1)C(=O)O. The molecular formula is C21H31N5O6S2. The molecule has 13 heteroatoms. The molecule has 1 rings (SSSR count). The molecule has 0 bridgehead atoms. The Labute approximate surface area is 207 Å². The van der Waals surface area contributed by atoms with E-state index in [0.29, 0.717) is 5.75 Å². The van der Waals surface area contributed by atoms with Crippen molar-refractivity contribution >= 4 is 54.0 Å². The Kier molecular flexibility index (Phi) is 13.1. The number of rotatable bonds is 15. The monoisotopic (exact) mass is 513 g/mol. The quantitative estimate of drug-likeness (QED) is 0.140. The lowest BCUT2D eigenvalue weighted by atomic mass is 10.1. The lowest BCUT2D eigenvalue weighted by Crippen LogP contribution is -2.58. The highest BCUT2D eigenvalue weighted by molar-refractivity contribution is 7.98. The van der Waals surface area contributed by atoms with Crippen LogP contribution in [0.1, 0.15) is 18.4 Å². The summed E-state index contributed by atoms with van der Waals surface area (Å²) < 4.78 is 0. The Hall–Kier alpha value is -2.77. The normalized spacial score (nSPS) is 14.2. The fraction of sp³-hybridized carbons (Fsp3) is 0.476. The number of aliphatic carboxylic acids is 1. The van der Waals surface area contributed by atoms with Gasteiger partial charge >= 0.3 is 5.97 Å². The fourth-order valence-corrected chi connectivity index (χ4v) is 3.61. The Bertz CT molecular complexity index is 857. The number of nitrogens with two attached hydrogens (primary N) is 2. The van der Waals surface area contributed by atoms with Crippen LogP contribution in [0, 0.1) is 0 Å². The predicted molar refractivity (Wildman–Crippen MR) is 132 cm³/mol. The standard InChI is InChI=1S/C21H31N5O6S2/c1-34-8-7-14(19(29)25-15(21(31)32)9-12-5-3-2-4-6-12)24-20(30)16(11-33)26-18(28)13(22)10-17(23)27/h2-6,13-16,33H,7-11,22H2,1H3,(H2,23,27)(H,24,30)(H,25,29)(H,26,28)(H,31,32). The molecular weight excluding hydrogens is 482 g/mol. The average molecular weight is 514 g/mol. The number of primary amides is 1. The molecule has 4 atom stereocenters. The maximum Gasteiger partial charge on any atom is 0.326 e. The van der Waals surface area contributed by atoms with Crippen LogP contribution in [0.5, 0.6) is 0 Å². The molecule has 11 nitrogen and oxygen atoms in total. The molecule has 0 heterocycles. The van der Waals surface area contributed by atoms with Crippen LogP contribution in [0.15, 0.2) is 30.3 Å². The van der Waals surface area contributed by atoms with E-state index in [1.165, 1.54) is 11.8 Å². The minimum atomic E-state index is -1.24. The second-order valence-corrected chi connectivity index (χ2v) is 8.80. The third-order valence-corrected chi connectivity index (χ3v) is 5.72. The third-order valence-electron chi connectivity index (χ3n) is 4.71. The molecule has 1 aromatic rings. The molecule has 1 aromatic carbocycles. The summed E-state index contributed by atoms with van der Waals surface area (Å²) in [5.41, 5.74) is 11.3. The number of hydrogen-bond donors (Lipinski definition) is 7. The number of thioether (sulfide) groups is 1. The van der Waals surface area contributed by atoms with E-state index in [4.69, 9.17) is 11.5 Å². The predicted octanol–water partition coefficient (Wildman–Crippen LogP) is -1.35. The average Bonchev–Trinajstić information content (AvgIpc) is 2.79. The zero-order valence-electron chi connectivity index (χ0n) is 18.7. The molecule has 0 aliphatic heterocycles. The summed E-state index contributed by atoms with van der Waals surface area (Å²) in [6.45, 7) is 0. The first kappa shape index (κ1) is 29.3.